The van der Waals surface area contributed by atoms with Crippen LogP contribution in [0.3, 0.4) is 0 Å². The van der Waals surface area contributed by atoms with Gasteiger partial charge in [-0.3, -0.25) is 4.79 Å². The molecule has 27 heavy (non-hydrogen) atoms. The van der Waals surface area contributed by atoms with Gasteiger partial charge in [0.15, 0.2) is 0 Å². The summed E-state index contributed by atoms with van der Waals surface area (Å²) in [6.07, 6.45) is 0.242. The van der Waals surface area contributed by atoms with E-state index in [1.807, 2.05) is 35.2 Å². The molecule has 3 rings (SSSR count). The van der Waals surface area contributed by atoms with Crippen LogP contribution in [0.2, 0.25) is 0 Å². The molecule has 0 aromatic heterocycles. The van der Waals surface area contributed by atoms with E-state index < -0.39 is 0 Å². The normalized spacial score (nSPS) is 17.0. The molecule has 0 saturated carbocycles. The number of ether oxygens (including phenoxy) is 3. The predicted octanol–water partition coefficient (Wildman–Crippen LogP) is 2.99. The van der Waals surface area contributed by atoms with E-state index in [4.69, 9.17) is 14.2 Å². The zero-order valence-corrected chi connectivity index (χ0v) is 16.0. The molecular weight excluding hydrogens is 342 g/mol. The van der Waals surface area contributed by atoms with Crippen LogP contribution in [0.1, 0.15) is 16.7 Å². The van der Waals surface area contributed by atoms with Gasteiger partial charge in [0.25, 0.3) is 0 Å². The summed E-state index contributed by atoms with van der Waals surface area (Å²) in [5.41, 5.74) is 3.27. The molecular formula is C22H27NO4. The second-order valence-corrected chi connectivity index (χ2v) is 6.83. The Kier molecular flexibility index (Phi) is 6.85. The maximum absolute atomic E-state index is 12.7. The van der Waals surface area contributed by atoms with Crippen LogP contribution in [0.4, 0.5) is 0 Å². The molecule has 0 spiro atoms. The second kappa shape index (κ2) is 9.53. The molecule has 0 aliphatic carbocycles. The van der Waals surface area contributed by atoms with Gasteiger partial charge in [0.2, 0.25) is 5.91 Å². The Morgan fingerprint density at radius 3 is 2.89 bits per heavy atom. The maximum Gasteiger partial charge on any atom is 0.227 e. The fourth-order valence-electron chi connectivity index (χ4n) is 3.28. The highest BCUT2D eigenvalue weighted by Crippen LogP contribution is 2.19. The lowest BCUT2D eigenvalue weighted by atomic mass is 10.1. The largest absolute Gasteiger partial charge is 0.496 e. The monoisotopic (exact) mass is 369 g/mol. The first-order valence-corrected chi connectivity index (χ1v) is 9.30. The topological polar surface area (TPSA) is 48.0 Å². The third kappa shape index (κ3) is 5.55. The summed E-state index contributed by atoms with van der Waals surface area (Å²) >= 11 is 0. The average Bonchev–Trinajstić information content (AvgIpc) is 2.69. The molecule has 0 bridgehead atoms. The van der Waals surface area contributed by atoms with Crippen molar-refractivity contribution in [3.05, 3.63) is 65.2 Å². The molecule has 2 aromatic rings. The predicted molar refractivity (Wildman–Crippen MR) is 104 cm³/mol. The van der Waals surface area contributed by atoms with Crippen molar-refractivity contribution in [3.63, 3.8) is 0 Å². The Morgan fingerprint density at radius 2 is 2.07 bits per heavy atom. The van der Waals surface area contributed by atoms with Crippen LogP contribution in [0.15, 0.2) is 48.5 Å². The molecule has 1 fully saturated rings. The summed E-state index contributed by atoms with van der Waals surface area (Å²) in [6.45, 7) is 4.81. The molecule has 1 atom stereocenters. The number of morpholine rings is 1. The van der Waals surface area contributed by atoms with Crippen molar-refractivity contribution in [3.8, 4) is 5.75 Å². The van der Waals surface area contributed by atoms with Gasteiger partial charge < -0.3 is 19.1 Å². The highest BCUT2D eigenvalue weighted by atomic mass is 16.5. The van der Waals surface area contributed by atoms with Gasteiger partial charge in [0.05, 0.1) is 39.5 Å². The summed E-state index contributed by atoms with van der Waals surface area (Å²) in [4.78, 5) is 14.5. The maximum atomic E-state index is 12.7. The van der Waals surface area contributed by atoms with E-state index in [-0.39, 0.29) is 12.0 Å². The van der Waals surface area contributed by atoms with Crippen LogP contribution in [0.5, 0.6) is 5.75 Å². The SMILES string of the molecule is COc1ccccc1CC(=O)N1CCOC(COCc2cccc(C)c2)C1. The number of benzene rings is 2. The minimum Gasteiger partial charge on any atom is -0.496 e. The zero-order chi connectivity index (χ0) is 19.1. The molecule has 1 unspecified atom stereocenters. The lowest BCUT2D eigenvalue weighted by Gasteiger charge is -2.33. The number of hydrogen-bond acceptors (Lipinski definition) is 4. The van der Waals surface area contributed by atoms with Crippen molar-refractivity contribution in [2.24, 2.45) is 0 Å². The first kappa shape index (κ1) is 19.4. The molecule has 1 aliphatic rings. The van der Waals surface area contributed by atoms with E-state index in [1.54, 1.807) is 7.11 Å². The number of carbonyl (C=O) groups is 1. The van der Waals surface area contributed by atoms with Crippen LogP contribution in [0.25, 0.3) is 0 Å². The lowest BCUT2D eigenvalue weighted by Crippen LogP contribution is -2.47. The Labute approximate surface area is 160 Å². The Hall–Kier alpha value is -2.37. The Balaban J connectivity index is 1.49. The van der Waals surface area contributed by atoms with E-state index >= 15 is 0 Å². The van der Waals surface area contributed by atoms with E-state index in [2.05, 4.69) is 25.1 Å². The number of methoxy groups -OCH3 is 1. The standard InChI is InChI=1S/C22H27NO4/c1-17-6-5-7-18(12-17)15-26-16-20-14-23(10-11-27-20)22(24)13-19-8-3-4-9-21(19)25-2/h3-9,12,20H,10-11,13-16H2,1-2H3. The van der Waals surface area contributed by atoms with Gasteiger partial charge in [-0.1, -0.05) is 48.0 Å². The molecule has 5 nitrogen and oxygen atoms in total. The van der Waals surface area contributed by atoms with E-state index in [0.717, 1.165) is 16.9 Å². The highest BCUT2D eigenvalue weighted by molar-refractivity contribution is 5.79. The van der Waals surface area contributed by atoms with Gasteiger partial charge in [-0.15, -0.1) is 0 Å². The fraction of sp³-hybridized carbons (Fsp3) is 0.409. The third-order valence-corrected chi connectivity index (χ3v) is 4.68. The Bertz CT molecular complexity index is 761. The highest BCUT2D eigenvalue weighted by Gasteiger charge is 2.25. The smallest absolute Gasteiger partial charge is 0.227 e. The number of carbonyl (C=O) groups excluding carboxylic acids is 1. The molecule has 2 aromatic carbocycles. The number of hydrogen-bond donors (Lipinski definition) is 0. The molecule has 1 amide bonds. The Morgan fingerprint density at radius 1 is 1.22 bits per heavy atom. The average molecular weight is 369 g/mol. The van der Waals surface area contributed by atoms with E-state index in [0.29, 0.717) is 39.3 Å². The summed E-state index contributed by atoms with van der Waals surface area (Å²) in [5.74, 6) is 0.837. The lowest BCUT2D eigenvalue weighted by molar-refractivity contribution is -0.140. The van der Waals surface area contributed by atoms with Crippen molar-refractivity contribution in [2.45, 2.75) is 26.1 Å². The zero-order valence-electron chi connectivity index (χ0n) is 16.0. The number of aryl methyl sites for hydroxylation is 1. The summed E-state index contributed by atoms with van der Waals surface area (Å²) in [7, 11) is 1.62. The van der Waals surface area contributed by atoms with Crippen LogP contribution in [-0.4, -0.2) is 50.3 Å². The fourth-order valence-corrected chi connectivity index (χ4v) is 3.28. The van der Waals surface area contributed by atoms with Crippen LogP contribution in [0, 0.1) is 6.92 Å². The number of nitrogens with zero attached hydrogens (tertiary/aromatic N) is 1. The van der Waals surface area contributed by atoms with Crippen LogP contribution in [-0.2, 0) is 27.3 Å². The third-order valence-electron chi connectivity index (χ3n) is 4.68. The van der Waals surface area contributed by atoms with Gasteiger partial charge in [0.1, 0.15) is 5.75 Å². The van der Waals surface area contributed by atoms with Crippen LogP contribution < -0.4 is 4.74 Å². The minimum absolute atomic E-state index is 0.0893. The van der Waals surface area contributed by atoms with Gasteiger partial charge in [-0.05, 0) is 18.6 Å². The molecule has 1 saturated heterocycles. The summed E-state index contributed by atoms with van der Waals surface area (Å²) in [6, 6.07) is 15.9. The van der Waals surface area contributed by atoms with Crippen LogP contribution >= 0.6 is 0 Å². The summed E-state index contributed by atoms with van der Waals surface area (Å²) < 4.78 is 16.9. The quantitative estimate of drug-likeness (QED) is 0.753. The van der Waals surface area contributed by atoms with Crippen molar-refractivity contribution in [1.82, 2.24) is 4.90 Å². The molecule has 5 heteroatoms. The van der Waals surface area contributed by atoms with Crippen molar-refractivity contribution < 1.29 is 19.0 Å². The number of amides is 1. The molecule has 1 heterocycles. The van der Waals surface area contributed by atoms with Gasteiger partial charge in [0, 0.05) is 18.7 Å². The minimum atomic E-state index is -0.0924. The number of para-hydroxylation sites is 1. The first-order chi connectivity index (χ1) is 13.2. The van der Waals surface area contributed by atoms with E-state index in [1.165, 1.54) is 5.56 Å². The van der Waals surface area contributed by atoms with Crippen molar-refractivity contribution in [1.29, 1.82) is 0 Å². The van der Waals surface area contributed by atoms with Crippen molar-refractivity contribution in [2.75, 3.05) is 33.4 Å². The van der Waals surface area contributed by atoms with Gasteiger partial charge in [-0.25, -0.2) is 0 Å². The molecule has 0 N–H and O–H groups in total. The van der Waals surface area contributed by atoms with Gasteiger partial charge in [-0.2, -0.15) is 0 Å². The second-order valence-electron chi connectivity index (χ2n) is 6.83. The van der Waals surface area contributed by atoms with Crippen molar-refractivity contribution >= 4 is 5.91 Å². The summed E-state index contributed by atoms with van der Waals surface area (Å²) in [5, 5.41) is 0. The van der Waals surface area contributed by atoms with Gasteiger partial charge >= 0.3 is 0 Å². The molecule has 144 valence electrons. The number of rotatable bonds is 7. The first-order valence-electron chi connectivity index (χ1n) is 9.30. The van der Waals surface area contributed by atoms with E-state index in [9.17, 15) is 4.79 Å². The molecule has 1 aliphatic heterocycles. The molecule has 0 radical (unpaired) electrons.